The van der Waals surface area contributed by atoms with Gasteiger partial charge in [-0.15, -0.1) is 11.6 Å². The van der Waals surface area contributed by atoms with Gasteiger partial charge in [-0.3, -0.25) is 4.90 Å². The first-order valence-corrected chi connectivity index (χ1v) is 5.07. The predicted octanol–water partition coefficient (Wildman–Crippen LogP) is 2.35. The van der Waals surface area contributed by atoms with Gasteiger partial charge in [-0.1, -0.05) is 13.8 Å². The van der Waals surface area contributed by atoms with Crippen LogP contribution < -0.4 is 0 Å². The molecule has 0 bridgehead atoms. The Morgan fingerprint density at radius 2 is 2.09 bits per heavy atom. The van der Waals surface area contributed by atoms with E-state index in [1.165, 1.54) is 19.4 Å². The average Bonchev–Trinajstić information content (AvgIpc) is 2.66. The molecule has 0 amide bonds. The Morgan fingerprint density at radius 1 is 1.45 bits per heavy atom. The predicted molar refractivity (Wildman–Crippen MR) is 50.2 cm³/mol. The summed E-state index contributed by atoms with van der Waals surface area (Å²) in [6.45, 7) is 6.83. The van der Waals surface area contributed by atoms with E-state index in [0.717, 1.165) is 24.4 Å². The van der Waals surface area contributed by atoms with Crippen LogP contribution in [-0.4, -0.2) is 29.9 Å². The third kappa shape index (κ3) is 3.44. The summed E-state index contributed by atoms with van der Waals surface area (Å²) in [6, 6.07) is 0.871. The van der Waals surface area contributed by atoms with E-state index >= 15 is 0 Å². The van der Waals surface area contributed by atoms with Crippen LogP contribution in [0.5, 0.6) is 0 Å². The zero-order chi connectivity index (χ0) is 8.27. The van der Waals surface area contributed by atoms with Crippen LogP contribution in [0.4, 0.5) is 0 Å². The van der Waals surface area contributed by atoms with Gasteiger partial charge in [-0.05, 0) is 18.8 Å². The summed E-state index contributed by atoms with van der Waals surface area (Å²) in [4.78, 5) is 2.53. The van der Waals surface area contributed by atoms with Crippen molar-refractivity contribution < 1.29 is 0 Å². The van der Waals surface area contributed by atoms with Crippen LogP contribution in [0.1, 0.15) is 26.7 Å². The lowest BCUT2D eigenvalue weighted by Gasteiger charge is -2.22. The zero-order valence-electron chi connectivity index (χ0n) is 7.52. The molecular formula is C9H18ClN. The average molecular weight is 176 g/mol. The molecule has 0 aromatic heterocycles. The number of hydrogen-bond acceptors (Lipinski definition) is 1. The Labute approximate surface area is 74.7 Å². The van der Waals surface area contributed by atoms with Crippen LogP contribution in [0.3, 0.4) is 0 Å². The summed E-state index contributed by atoms with van der Waals surface area (Å²) in [5, 5.41) is 0. The minimum absolute atomic E-state index is 0.777. The summed E-state index contributed by atoms with van der Waals surface area (Å²) in [6.07, 6.45) is 2.78. The maximum Gasteiger partial charge on any atom is 0.0351 e. The molecule has 1 rings (SSSR count). The topological polar surface area (TPSA) is 3.24 Å². The third-order valence-corrected chi connectivity index (χ3v) is 2.20. The van der Waals surface area contributed by atoms with Crippen molar-refractivity contribution in [2.75, 3.05) is 19.0 Å². The maximum atomic E-state index is 5.71. The molecule has 1 saturated carbocycles. The van der Waals surface area contributed by atoms with Crippen molar-refractivity contribution in [3.8, 4) is 0 Å². The van der Waals surface area contributed by atoms with Gasteiger partial charge in [0.1, 0.15) is 0 Å². The van der Waals surface area contributed by atoms with E-state index < -0.39 is 0 Å². The minimum Gasteiger partial charge on any atom is -0.299 e. The molecule has 0 unspecified atom stereocenters. The molecule has 0 saturated heterocycles. The van der Waals surface area contributed by atoms with Crippen molar-refractivity contribution in [3.05, 3.63) is 0 Å². The van der Waals surface area contributed by atoms with E-state index in [9.17, 15) is 0 Å². The molecule has 1 aliphatic rings. The van der Waals surface area contributed by atoms with E-state index in [4.69, 9.17) is 11.6 Å². The highest BCUT2D eigenvalue weighted by Gasteiger charge is 2.28. The lowest BCUT2D eigenvalue weighted by Crippen LogP contribution is -2.31. The van der Waals surface area contributed by atoms with Crippen LogP contribution in [0, 0.1) is 5.92 Å². The Kier molecular flexibility index (Phi) is 3.67. The fourth-order valence-electron chi connectivity index (χ4n) is 1.44. The van der Waals surface area contributed by atoms with Gasteiger partial charge in [0.25, 0.3) is 0 Å². The Bertz CT molecular complexity index is 110. The highest BCUT2D eigenvalue weighted by Crippen LogP contribution is 2.27. The van der Waals surface area contributed by atoms with Crippen LogP contribution in [0.25, 0.3) is 0 Å². The second-order valence-corrected chi connectivity index (χ2v) is 4.19. The highest BCUT2D eigenvalue weighted by atomic mass is 35.5. The summed E-state index contributed by atoms with van der Waals surface area (Å²) >= 11 is 5.71. The van der Waals surface area contributed by atoms with Gasteiger partial charge in [0, 0.05) is 25.0 Å². The fraction of sp³-hybridized carbons (Fsp3) is 1.00. The van der Waals surface area contributed by atoms with Crippen molar-refractivity contribution in [1.82, 2.24) is 4.90 Å². The standard InChI is InChI=1S/C9H18ClN/c1-8(2)7-11(6-5-10)9-3-4-9/h8-9H,3-7H2,1-2H3. The fourth-order valence-corrected chi connectivity index (χ4v) is 1.66. The van der Waals surface area contributed by atoms with Crippen LogP contribution in [0.2, 0.25) is 0 Å². The SMILES string of the molecule is CC(C)CN(CCCl)C1CC1. The van der Waals surface area contributed by atoms with Crippen molar-refractivity contribution in [2.45, 2.75) is 32.7 Å². The normalized spacial score (nSPS) is 18.3. The zero-order valence-corrected chi connectivity index (χ0v) is 8.27. The molecule has 1 nitrogen and oxygen atoms in total. The second-order valence-electron chi connectivity index (χ2n) is 3.81. The molecule has 0 atom stereocenters. The van der Waals surface area contributed by atoms with Crippen molar-refractivity contribution >= 4 is 11.6 Å². The quantitative estimate of drug-likeness (QED) is 0.580. The largest absolute Gasteiger partial charge is 0.299 e. The second kappa shape index (κ2) is 4.32. The van der Waals surface area contributed by atoms with E-state index in [-0.39, 0.29) is 0 Å². The molecule has 11 heavy (non-hydrogen) atoms. The van der Waals surface area contributed by atoms with E-state index in [1.807, 2.05) is 0 Å². The van der Waals surface area contributed by atoms with E-state index in [1.54, 1.807) is 0 Å². The van der Waals surface area contributed by atoms with E-state index in [2.05, 4.69) is 18.7 Å². The first-order valence-electron chi connectivity index (χ1n) is 4.54. The number of halogens is 1. The summed E-state index contributed by atoms with van der Waals surface area (Å²) in [7, 11) is 0. The minimum atomic E-state index is 0.777. The molecule has 0 N–H and O–H groups in total. The molecule has 0 radical (unpaired) electrons. The Hall–Kier alpha value is 0.250. The first-order chi connectivity index (χ1) is 5.24. The first kappa shape index (κ1) is 9.34. The lowest BCUT2D eigenvalue weighted by molar-refractivity contribution is 0.248. The van der Waals surface area contributed by atoms with Gasteiger partial charge in [0.15, 0.2) is 0 Å². The molecule has 0 spiro atoms. The molecule has 0 heterocycles. The smallest absolute Gasteiger partial charge is 0.0351 e. The monoisotopic (exact) mass is 175 g/mol. The summed E-state index contributed by atoms with van der Waals surface area (Å²) in [5.74, 6) is 1.56. The summed E-state index contributed by atoms with van der Waals surface area (Å²) in [5.41, 5.74) is 0. The van der Waals surface area contributed by atoms with Gasteiger partial charge in [0.05, 0.1) is 0 Å². The molecule has 1 aliphatic carbocycles. The number of nitrogens with zero attached hydrogens (tertiary/aromatic N) is 1. The molecular weight excluding hydrogens is 158 g/mol. The van der Waals surface area contributed by atoms with Gasteiger partial charge < -0.3 is 0 Å². The van der Waals surface area contributed by atoms with Gasteiger partial charge in [-0.25, -0.2) is 0 Å². The molecule has 0 aromatic carbocycles. The number of rotatable bonds is 5. The van der Waals surface area contributed by atoms with Crippen LogP contribution in [-0.2, 0) is 0 Å². The molecule has 0 aromatic rings. The summed E-state index contributed by atoms with van der Waals surface area (Å²) < 4.78 is 0. The molecule has 1 fully saturated rings. The van der Waals surface area contributed by atoms with Gasteiger partial charge >= 0.3 is 0 Å². The Balaban J connectivity index is 2.20. The van der Waals surface area contributed by atoms with Crippen molar-refractivity contribution in [2.24, 2.45) is 5.92 Å². The molecule has 2 heteroatoms. The van der Waals surface area contributed by atoms with Crippen molar-refractivity contribution in [3.63, 3.8) is 0 Å². The highest BCUT2D eigenvalue weighted by molar-refractivity contribution is 6.18. The Morgan fingerprint density at radius 3 is 2.45 bits per heavy atom. The van der Waals surface area contributed by atoms with Crippen LogP contribution >= 0.6 is 11.6 Å². The number of alkyl halides is 1. The lowest BCUT2D eigenvalue weighted by atomic mass is 10.2. The molecule has 66 valence electrons. The third-order valence-electron chi connectivity index (χ3n) is 2.03. The maximum absolute atomic E-state index is 5.71. The van der Waals surface area contributed by atoms with Crippen molar-refractivity contribution in [1.29, 1.82) is 0 Å². The van der Waals surface area contributed by atoms with E-state index in [0.29, 0.717) is 0 Å². The van der Waals surface area contributed by atoms with Gasteiger partial charge in [-0.2, -0.15) is 0 Å². The van der Waals surface area contributed by atoms with Crippen LogP contribution in [0.15, 0.2) is 0 Å². The number of hydrogen-bond donors (Lipinski definition) is 0. The van der Waals surface area contributed by atoms with Gasteiger partial charge in [0.2, 0.25) is 0 Å². The molecule has 0 aliphatic heterocycles.